The summed E-state index contributed by atoms with van der Waals surface area (Å²) in [5.74, 6) is -0.974. The lowest BCUT2D eigenvalue weighted by Crippen LogP contribution is -2.61. The number of benzene rings is 3. The molecule has 2 atom stereocenters. The first-order chi connectivity index (χ1) is 26.0. The van der Waals surface area contributed by atoms with Gasteiger partial charge >= 0.3 is 0 Å². The summed E-state index contributed by atoms with van der Waals surface area (Å²) in [6, 6.07) is 27.3. The van der Waals surface area contributed by atoms with Gasteiger partial charge in [0.25, 0.3) is 5.91 Å². The van der Waals surface area contributed by atoms with Crippen molar-refractivity contribution in [2.75, 3.05) is 26.2 Å². The van der Waals surface area contributed by atoms with Crippen molar-refractivity contribution in [3.63, 3.8) is 0 Å². The highest BCUT2D eigenvalue weighted by molar-refractivity contribution is 5.98. The van der Waals surface area contributed by atoms with E-state index in [0.717, 1.165) is 30.8 Å². The van der Waals surface area contributed by atoms with E-state index in [1.165, 1.54) is 16.7 Å². The molecular formula is C43H53N7O4. The topological polar surface area (TPSA) is 129 Å². The Morgan fingerprint density at radius 2 is 1.44 bits per heavy atom. The van der Waals surface area contributed by atoms with E-state index in [9.17, 15) is 19.2 Å². The molecule has 6 rings (SSSR count). The molecule has 284 valence electrons. The molecule has 11 heteroatoms. The predicted molar refractivity (Wildman–Crippen MR) is 208 cm³/mol. The third kappa shape index (κ3) is 9.07. The van der Waals surface area contributed by atoms with Crippen LogP contribution in [0.3, 0.4) is 0 Å². The molecule has 2 heterocycles. The zero-order chi connectivity index (χ0) is 38.2. The number of rotatable bonds is 14. The molecule has 0 radical (unpaired) electrons. The van der Waals surface area contributed by atoms with Crippen molar-refractivity contribution >= 4 is 23.6 Å². The van der Waals surface area contributed by atoms with E-state index in [2.05, 4.69) is 50.2 Å². The molecule has 4 aromatic rings. The van der Waals surface area contributed by atoms with Crippen molar-refractivity contribution in [3.8, 4) is 0 Å². The molecule has 3 aromatic carbocycles. The second-order valence-corrected chi connectivity index (χ2v) is 15.0. The summed E-state index contributed by atoms with van der Waals surface area (Å²) in [7, 11) is 0. The molecule has 11 nitrogen and oxygen atoms in total. The van der Waals surface area contributed by atoms with Gasteiger partial charge in [0.1, 0.15) is 17.3 Å². The lowest BCUT2D eigenvalue weighted by Gasteiger charge is -2.36. The van der Waals surface area contributed by atoms with Crippen LogP contribution in [0, 0.1) is 5.92 Å². The SMILES string of the molecule is CCC(=O)N[C@H](Cc1ccc(CNC(=O)[C@](C)(NC(=O)c2ccnn2C(C)C)C2Cc3ccccc3C2)cc1)C(=O)N1CCN(Cc2ccccc2)CC1. The zero-order valence-corrected chi connectivity index (χ0v) is 31.9. The average molecular weight is 732 g/mol. The van der Waals surface area contributed by atoms with Crippen LogP contribution in [-0.2, 0) is 46.7 Å². The predicted octanol–water partition coefficient (Wildman–Crippen LogP) is 4.47. The number of nitrogens with one attached hydrogen (secondary N) is 3. The van der Waals surface area contributed by atoms with Crippen molar-refractivity contribution in [1.82, 2.24) is 35.5 Å². The number of hydrogen-bond acceptors (Lipinski definition) is 6. The fourth-order valence-corrected chi connectivity index (χ4v) is 7.60. The maximum atomic E-state index is 14.1. The van der Waals surface area contributed by atoms with Crippen molar-refractivity contribution in [1.29, 1.82) is 0 Å². The molecule has 1 aliphatic heterocycles. The minimum Gasteiger partial charge on any atom is -0.350 e. The standard InChI is InChI=1S/C43H53N7O4/c1-5-39(51)46-37(41(53)49-23-21-48(22-24-49)29-33-11-7-6-8-12-33)25-31-15-17-32(18-16-31)28-44-42(54)43(4,36-26-34-13-9-10-14-35(34)27-36)47-40(52)38-19-20-45-50(38)30(2)3/h6-20,30,36-37H,5,21-29H2,1-4H3,(H,44,54)(H,46,51)(H,47,52)/t37-,43-/m1/s1. The highest BCUT2D eigenvalue weighted by atomic mass is 16.2. The van der Waals surface area contributed by atoms with Crippen LogP contribution in [-0.4, -0.2) is 81.0 Å². The monoisotopic (exact) mass is 731 g/mol. The number of hydrogen-bond donors (Lipinski definition) is 3. The Morgan fingerprint density at radius 1 is 0.815 bits per heavy atom. The van der Waals surface area contributed by atoms with Crippen LogP contribution >= 0.6 is 0 Å². The van der Waals surface area contributed by atoms with Crippen LogP contribution in [0.2, 0.25) is 0 Å². The van der Waals surface area contributed by atoms with Crippen LogP contribution in [0.1, 0.15) is 78.5 Å². The Bertz CT molecular complexity index is 1890. The second-order valence-electron chi connectivity index (χ2n) is 15.0. The van der Waals surface area contributed by atoms with Crippen LogP contribution in [0.15, 0.2) is 91.1 Å². The molecule has 0 spiro atoms. The Labute approximate surface area is 318 Å². The molecule has 1 aromatic heterocycles. The van der Waals surface area contributed by atoms with Gasteiger partial charge in [0.15, 0.2) is 0 Å². The van der Waals surface area contributed by atoms with Gasteiger partial charge in [0.2, 0.25) is 17.7 Å². The number of piperazine rings is 1. The van der Waals surface area contributed by atoms with E-state index in [-0.39, 0.29) is 42.1 Å². The number of fused-ring (bicyclic) bond motifs is 1. The van der Waals surface area contributed by atoms with Crippen LogP contribution in [0.4, 0.5) is 0 Å². The normalized spacial score (nSPS) is 16.4. The molecule has 1 fully saturated rings. The number of amides is 4. The van der Waals surface area contributed by atoms with E-state index in [1.54, 1.807) is 23.9 Å². The van der Waals surface area contributed by atoms with Gasteiger partial charge in [-0.2, -0.15) is 5.10 Å². The molecule has 3 N–H and O–H groups in total. The molecular weight excluding hydrogens is 679 g/mol. The van der Waals surface area contributed by atoms with Gasteiger partial charge in [-0.25, -0.2) is 0 Å². The largest absolute Gasteiger partial charge is 0.350 e. The molecule has 1 saturated heterocycles. The zero-order valence-electron chi connectivity index (χ0n) is 31.9. The molecule has 54 heavy (non-hydrogen) atoms. The fourth-order valence-electron chi connectivity index (χ4n) is 7.60. The lowest BCUT2D eigenvalue weighted by atomic mass is 9.82. The molecule has 0 saturated carbocycles. The molecule has 0 bridgehead atoms. The quantitative estimate of drug-likeness (QED) is 0.176. The maximum Gasteiger partial charge on any atom is 0.270 e. The van der Waals surface area contributed by atoms with Gasteiger partial charge in [-0.15, -0.1) is 0 Å². The average Bonchev–Trinajstić information content (AvgIpc) is 3.87. The van der Waals surface area contributed by atoms with Crippen molar-refractivity contribution < 1.29 is 19.2 Å². The third-order valence-electron chi connectivity index (χ3n) is 10.9. The minimum absolute atomic E-state index is 0.0169. The van der Waals surface area contributed by atoms with Crippen LogP contribution in [0.5, 0.6) is 0 Å². The van der Waals surface area contributed by atoms with Crippen molar-refractivity contribution in [3.05, 3.63) is 125 Å². The van der Waals surface area contributed by atoms with E-state index < -0.39 is 11.6 Å². The first-order valence-corrected chi connectivity index (χ1v) is 19.2. The minimum atomic E-state index is -1.19. The van der Waals surface area contributed by atoms with E-state index in [0.29, 0.717) is 44.5 Å². The van der Waals surface area contributed by atoms with E-state index in [4.69, 9.17) is 0 Å². The van der Waals surface area contributed by atoms with E-state index in [1.807, 2.05) is 80.3 Å². The van der Waals surface area contributed by atoms with Crippen molar-refractivity contribution in [2.45, 2.75) is 84.1 Å². The summed E-state index contributed by atoms with van der Waals surface area (Å²) in [5.41, 5.74) is 4.63. The first kappa shape index (κ1) is 38.4. The molecule has 0 unspecified atom stereocenters. The Hall–Kier alpha value is -5.29. The number of aromatic nitrogens is 2. The van der Waals surface area contributed by atoms with Gasteiger partial charge in [-0.1, -0.05) is 85.8 Å². The van der Waals surface area contributed by atoms with Crippen LogP contribution in [0.25, 0.3) is 0 Å². The van der Waals surface area contributed by atoms with Gasteiger partial charge in [0, 0.05) is 64.3 Å². The molecule has 1 aliphatic carbocycles. The van der Waals surface area contributed by atoms with Gasteiger partial charge in [-0.3, -0.25) is 28.8 Å². The Kier molecular flexibility index (Phi) is 12.3. The second kappa shape index (κ2) is 17.2. The maximum absolute atomic E-state index is 14.1. The van der Waals surface area contributed by atoms with Gasteiger partial charge in [-0.05, 0) is 73.4 Å². The summed E-state index contributed by atoms with van der Waals surface area (Å²) < 4.78 is 1.66. The first-order valence-electron chi connectivity index (χ1n) is 19.2. The summed E-state index contributed by atoms with van der Waals surface area (Å²) in [6.45, 7) is 11.4. The summed E-state index contributed by atoms with van der Waals surface area (Å²) in [4.78, 5) is 58.3. The Morgan fingerprint density at radius 3 is 2.07 bits per heavy atom. The number of nitrogens with zero attached hydrogens (tertiary/aromatic N) is 4. The molecule has 2 aliphatic rings. The summed E-state index contributed by atoms with van der Waals surface area (Å²) in [6.07, 6.45) is 3.61. The van der Waals surface area contributed by atoms with Gasteiger partial charge in [0.05, 0.1) is 0 Å². The number of carbonyl (C=O) groups excluding carboxylic acids is 4. The highest BCUT2D eigenvalue weighted by Gasteiger charge is 2.45. The summed E-state index contributed by atoms with van der Waals surface area (Å²) in [5, 5.41) is 13.5. The fraction of sp³-hybridized carbons (Fsp3) is 0.419. The van der Waals surface area contributed by atoms with E-state index >= 15 is 0 Å². The Balaban J connectivity index is 1.09. The molecule has 4 amide bonds. The smallest absolute Gasteiger partial charge is 0.270 e. The van der Waals surface area contributed by atoms with Gasteiger partial charge < -0.3 is 20.9 Å². The number of carbonyl (C=O) groups is 4. The van der Waals surface area contributed by atoms with Crippen molar-refractivity contribution in [2.24, 2.45) is 5.92 Å². The van der Waals surface area contributed by atoms with Crippen LogP contribution < -0.4 is 16.0 Å². The lowest BCUT2D eigenvalue weighted by molar-refractivity contribution is -0.138. The highest BCUT2D eigenvalue weighted by Crippen LogP contribution is 2.34. The summed E-state index contributed by atoms with van der Waals surface area (Å²) >= 11 is 0. The third-order valence-corrected chi connectivity index (χ3v) is 10.9.